The third-order valence-corrected chi connectivity index (χ3v) is 7.69. The third-order valence-electron chi connectivity index (χ3n) is 6.68. The number of aryl methyl sites for hydroxylation is 2. The SMILES string of the molecule is C=CCOc1ccc(C2C(=C(O)c3c(C)nc4ccccn34)C(=O)C(=O)N2c2nc3ccc(C)cc3s2)cc1. The van der Waals surface area contributed by atoms with Gasteiger partial charge in [-0.15, -0.1) is 0 Å². The molecule has 194 valence electrons. The molecule has 3 aromatic heterocycles. The van der Waals surface area contributed by atoms with E-state index < -0.39 is 17.7 Å². The summed E-state index contributed by atoms with van der Waals surface area (Å²) in [7, 11) is 0. The number of pyridine rings is 1. The quantitative estimate of drug-likeness (QED) is 0.128. The predicted octanol–water partition coefficient (Wildman–Crippen LogP) is 5.75. The van der Waals surface area contributed by atoms with E-state index in [1.54, 1.807) is 47.9 Å². The number of Topliss-reactive ketones (excluding diaryl/α,β-unsaturated/α-hetero) is 1. The molecule has 1 fully saturated rings. The first-order valence-corrected chi connectivity index (χ1v) is 13.1. The summed E-state index contributed by atoms with van der Waals surface area (Å²) in [6.45, 7) is 7.76. The maximum absolute atomic E-state index is 13.6. The van der Waals surface area contributed by atoms with Gasteiger partial charge in [0.25, 0.3) is 5.78 Å². The molecular weight excluding hydrogens is 512 g/mol. The Kier molecular flexibility index (Phi) is 6.00. The van der Waals surface area contributed by atoms with Crippen molar-refractivity contribution in [2.24, 2.45) is 0 Å². The lowest BCUT2D eigenvalue weighted by Crippen LogP contribution is -2.29. The molecule has 9 heteroatoms. The topological polar surface area (TPSA) is 97.0 Å². The van der Waals surface area contributed by atoms with Crippen molar-refractivity contribution in [2.75, 3.05) is 11.5 Å². The average molecular weight is 537 g/mol. The lowest BCUT2D eigenvalue weighted by Gasteiger charge is -2.23. The van der Waals surface area contributed by atoms with Crippen LogP contribution in [0, 0.1) is 13.8 Å². The van der Waals surface area contributed by atoms with E-state index in [9.17, 15) is 14.7 Å². The highest BCUT2D eigenvalue weighted by Gasteiger charge is 2.48. The van der Waals surface area contributed by atoms with Crippen LogP contribution < -0.4 is 9.64 Å². The van der Waals surface area contributed by atoms with Crippen LogP contribution in [0.3, 0.4) is 0 Å². The van der Waals surface area contributed by atoms with Crippen molar-refractivity contribution in [3.63, 3.8) is 0 Å². The van der Waals surface area contributed by atoms with Crippen LogP contribution in [-0.2, 0) is 9.59 Å². The number of carbonyl (C=O) groups excluding carboxylic acids is 2. The molecule has 0 saturated carbocycles. The third kappa shape index (κ3) is 4.07. The summed E-state index contributed by atoms with van der Waals surface area (Å²) in [6.07, 6.45) is 3.41. The summed E-state index contributed by atoms with van der Waals surface area (Å²) in [4.78, 5) is 37.9. The van der Waals surface area contributed by atoms with E-state index in [0.29, 0.717) is 40.1 Å². The molecule has 1 saturated heterocycles. The number of aliphatic hydroxyl groups excluding tert-OH is 1. The first-order chi connectivity index (χ1) is 18.9. The number of fused-ring (bicyclic) bond motifs is 2. The number of carbonyl (C=O) groups is 2. The minimum Gasteiger partial charge on any atom is -0.505 e. The monoisotopic (exact) mass is 536 g/mol. The Bertz CT molecular complexity index is 1820. The molecular formula is C30H24N4O4S. The van der Waals surface area contributed by atoms with Crippen LogP contribution in [0.25, 0.3) is 21.6 Å². The van der Waals surface area contributed by atoms with Crippen molar-refractivity contribution in [3.8, 4) is 5.75 Å². The fourth-order valence-electron chi connectivity index (χ4n) is 4.90. The first-order valence-electron chi connectivity index (χ1n) is 12.3. The van der Waals surface area contributed by atoms with Gasteiger partial charge in [-0.3, -0.25) is 18.9 Å². The van der Waals surface area contributed by atoms with Crippen molar-refractivity contribution in [2.45, 2.75) is 19.9 Å². The Labute approximate surface area is 228 Å². The molecule has 1 unspecified atom stereocenters. The van der Waals surface area contributed by atoms with Crippen LogP contribution in [0.1, 0.15) is 28.6 Å². The van der Waals surface area contributed by atoms with Crippen LogP contribution in [0.15, 0.2) is 85.1 Å². The lowest BCUT2D eigenvalue weighted by molar-refractivity contribution is -0.132. The normalized spacial score (nSPS) is 16.9. The number of benzene rings is 2. The molecule has 2 aromatic carbocycles. The number of hydrogen-bond donors (Lipinski definition) is 1. The van der Waals surface area contributed by atoms with Crippen molar-refractivity contribution in [3.05, 3.63) is 108 Å². The van der Waals surface area contributed by atoms with E-state index in [0.717, 1.165) is 15.8 Å². The van der Waals surface area contributed by atoms with E-state index in [-0.39, 0.29) is 11.3 Å². The van der Waals surface area contributed by atoms with Crippen molar-refractivity contribution in [1.82, 2.24) is 14.4 Å². The number of aliphatic hydroxyl groups is 1. The summed E-state index contributed by atoms with van der Waals surface area (Å²) >= 11 is 1.33. The van der Waals surface area contributed by atoms with Gasteiger partial charge in [-0.2, -0.15) is 0 Å². The number of anilines is 1. The van der Waals surface area contributed by atoms with E-state index >= 15 is 0 Å². The highest BCUT2D eigenvalue weighted by molar-refractivity contribution is 7.22. The number of ketones is 1. The van der Waals surface area contributed by atoms with Gasteiger partial charge >= 0.3 is 5.91 Å². The van der Waals surface area contributed by atoms with Gasteiger partial charge in [0, 0.05) is 6.20 Å². The molecule has 1 atom stereocenters. The minimum atomic E-state index is -0.909. The molecule has 4 heterocycles. The second kappa shape index (κ2) is 9.52. The fraction of sp³-hybridized carbons (Fsp3) is 0.133. The number of amides is 1. The number of hydrogen-bond acceptors (Lipinski definition) is 7. The van der Waals surface area contributed by atoms with Crippen LogP contribution in [0.4, 0.5) is 5.13 Å². The summed E-state index contributed by atoms with van der Waals surface area (Å²) in [6, 6.07) is 17.5. The van der Waals surface area contributed by atoms with E-state index in [1.165, 1.54) is 16.2 Å². The fourth-order valence-corrected chi connectivity index (χ4v) is 5.99. The van der Waals surface area contributed by atoms with Gasteiger partial charge in [-0.05, 0) is 61.4 Å². The number of thiazole rings is 1. The number of ether oxygens (including phenoxy) is 1. The molecule has 1 aliphatic rings. The molecule has 0 aliphatic carbocycles. The van der Waals surface area contributed by atoms with E-state index in [2.05, 4.69) is 11.6 Å². The number of aromatic nitrogens is 3. The van der Waals surface area contributed by atoms with Crippen LogP contribution in [0.2, 0.25) is 0 Å². The zero-order valence-electron chi connectivity index (χ0n) is 21.3. The molecule has 1 N–H and O–H groups in total. The van der Waals surface area contributed by atoms with Crippen molar-refractivity contribution >= 4 is 49.8 Å². The van der Waals surface area contributed by atoms with Gasteiger partial charge in [-0.1, -0.05) is 48.3 Å². The summed E-state index contributed by atoms with van der Waals surface area (Å²) in [5.74, 6) is -1.22. The zero-order chi connectivity index (χ0) is 27.3. The Morgan fingerprint density at radius 1 is 1.10 bits per heavy atom. The number of nitrogens with zero attached hydrogens (tertiary/aromatic N) is 4. The molecule has 1 aliphatic heterocycles. The van der Waals surface area contributed by atoms with Gasteiger partial charge in [0.05, 0.1) is 27.5 Å². The molecule has 6 rings (SSSR count). The first kappa shape index (κ1) is 24.6. The Hall–Kier alpha value is -4.76. The Morgan fingerprint density at radius 2 is 1.90 bits per heavy atom. The average Bonchev–Trinajstić information content (AvgIpc) is 3.58. The van der Waals surface area contributed by atoms with Gasteiger partial charge < -0.3 is 9.84 Å². The molecule has 0 spiro atoms. The lowest BCUT2D eigenvalue weighted by atomic mass is 9.96. The molecule has 5 aromatic rings. The molecule has 0 radical (unpaired) electrons. The van der Waals surface area contributed by atoms with Crippen LogP contribution in [0.5, 0.6) is 5.75 Å². The smallest absolute Gasteiger partial charge is 0.301 e. The summed E-state index contributed by atoms with van der Waals surface area (Å²) in [5.41, 5.74) is 3.91. The summed E-state index contributed by atoms with van der Waals surface area (Å²) < 4.78 is 8.24. The Balaban J connectivity index is 1.56. The number of imidazole rings is 1. The standard InChI is InChI=1S/C30H24N4O4S/c1-4-15-38-20-11-9-19(10-12-20)26-24(27(35)25-18(3)31-23-7-5-6-14-33(23)25)28(36)29(37)34(26)30-32-21-13-8-17(2)16-22(21)39-30/h4-14,16,26,35H,1,15H2,2-3H3. The van der Waals surface area contributed by atoms with Gasteiger partial charge in [0.2, 0.25) is 0 Å². The number of rotatable bonds is 6. The summed E-state index contributed by atoms with van der Waals surface area (Å²) in [5, 5.41) is 12.1. The highest BCUT2D eigenvalue weighted by atomic mass is 32.1. The second-order valence-corrected chi connectivity index (χ2v) is 10.3. The molecule has 8 nitrogen and oxygen atoms in total. The van der Waals surface area contributed by atoms with Gasteiger partial charge in [-0.25, -0.2) is 9.97 Å². The molecule has 1 amide bonds. The molecule has 39 heavy (non-hydrogen) atoms. The predicted molar refractivity (Wildman–Crippen MR) is 151 cm³/mol. The minimum absolute atomic E-state index is 0.0241. The second-order valence-electron chi connectivity index (χ2n) is 9.28. The maximum atomic E-state index is 13.6. The van der Waals surface area contributed by atoms with E-state index in [1.807, 2.05) is 43.3 Å². The van der Waals surface area contributed by atoms with E-state index in [4.69, 9.17) is 9.72 Å². The van der Waals surface area contributed by atoms with Crippen molar-refractivity contribution in [1.29, 1.82) is 0 Å². The van der Waals surface area contributed by atoms with Gasteiger partial charge in [0.15, 0.2) is 10.9 Å². The highest BCUT2D eigenvalue weighted by Crippen LogP contribution is 2.45. The van der Waals surface area contributed by atoms with Crippen molar-refractivity contribution < 1.29 is 19.4 Å². The zero-order valence-corrected chi connectivity index (χ0v) is 22.1. The van der Waals surface area contributed by atoms with Crippen LogP contribution in [-0.4, -0.2) is 37.8 Å². The van der Waals surface area contributed by atoms with Crippen LogP contribution >= 0.6 is 11.3 Å². The molecule has 0 bridgehead atoms. The Morgan fingerprint density at radius 3 is 2.67 bits per heavy atom. The largest absolute Gasteiger partial charge is 0.505 e. The maximum Gasteiger partial charge on any atom is 0.301 e. The van der Waals surface area contributed by atoms with Gasteiger partial charge in [0.1, 0.15) is 23.7 Å².